The lowest BCUT2D eigenvalue weighted by Gasteiger charge is -2.05. The first kappa shape index (κ1) is 10.0. The van der Waals surface area contributed by atoms with Crippen molar-refractivity contribution in [1.82, 2.24) is 20.2 Å². The molecule has 1 heterocycles. The molecule has 2 aromatic rings. The second kappa shape index (κ2) is 3.94. The molecule has 4 nitrogen and oxygen atoms in total. The van der Waals surface area contributed by atoms with Crippen LogP contribution in [0.5, 0.6) is 0 Å². The first-order valence-corrected chi connectivity index (χ1v) is 4.85. The first-order chi connectivity index (χ1) is 7.22. The Hall–Kier alpha value is -1.49. The van der Waals surface area contributed by atoms with Crippen LogP contribution in [0.25, 0.3) is 5.69 Å². The highest BCUT2D eigenvalue weighted by atomic mass is 35.5. The molecule has 0 amide bonds. The number of hydrogen-bond donors (Lipinski definition) is 0. The lowest BCUT2D eigenvalue weighted by molar-refractivity contribution is 0.623. The van der Waals surface area contributed by atoms with Crippen molar-refractivity contribution >= 4 is 11.6 Å². The van der Waals surface area contributed by atoms with Gasteiger partial charge >= 0.3 is 0 Å². The zero-order valence-electron chi connectivity index (χ0n) is 7.98. The smallest absolute Gasteiger partial charge is 0.171 e. The molecule has 78 valence electrons. The third-order valence-electron chi connectivity index (χ3n) is 2.05. The third kappa shape index (κ3) is 1.83. The van der Waals surface area contributed by atoms with Crippen molar-refractivity contribution in [2.75, 3.05) is 0 Å². The maximum absolute atomic E-state index is 13.1. The summed E-state index contributed by atoms with van der Waals surface area (Å²) >= 11 is 5.66. The van der Waals surface area contributed by atoms with Gasteiger partial charge in [-0.3, -0.25) is 0 Å². The molecule has 0 fully saturated rings. The molecule has 0 N–H and O–H groups in total. The largest absolute Gasteiger partial charge is 0.207 e. The SMILES string of the molecule is Cc1ccc(F)cc1-n1nnnc1CCl. The number of alkyl halides is 1. The molecule has 0 aliphatic heterocycles. The van der Waals surface area contributed by atoms with Crippen LogP contribution in [-0.2, 0) is 5.88 Å². The zero-order valence-corrected chi connectivity index (χ0v) is 8.74. The number of aryl methyl sites for hydroxylation is 1. The minimum absolute atomic E-state index is 0.183. The van der Waals surface area contributed by atoms with Crippen LogP contribution < -0.4 is 0 Å². The summed E-state index contributed by atoms with van der Waals surface area (Å²) in [6.45, 7) is 1.86. The van der Waals surface area contributed by atoms with Crippen LogP contribution in [0, 0.1) is 12.7 Å². The Morgan fingerprint density at radius 3 is 3.00 bits per heavy atom. The normalized spacial score (nSPS) is 10.6. The van der Waals surface area contributed by atoms with Gasteiger partial charge in [-0.05, 0) is 35.0 Å². The molecule has 0 saturated heterocycles. The summed E-state index contributed by atoms with van der Waals surface area (Å²) in [6, 6.07) is 4.44. The summed E-state index contributed by atoms with van der Waals surface area (Å²) in [4.78, 5) is 0. The van der Waals surface area contributed by atoms with Crippen LogP contribution in [0.15, 0.2) is 18.2 Å². The minimum atomic E-state index is -0.327. The Balaban J connectivity index is 2.58. The molecule has 15 heavy (non-hydrogen) atoms. The van der Waals surface area contributed by atoms with Gasteiger partial charge in [0.15, 0.2) is 5.82 Å². The van der Waals surface area contributed by atoms with Crippen molar-refractivity contribution in [2.45, 2.75) is 12.8 Å². The number of tetrazole rings is 1. The molecule has 0 aliphatic carbocycles. The average molecular weight is 227 g/mol. The number of nitrogens with zero attached hydrogens (tertiary/aromatic N) is 4. The molecule has 1 aromatic carbocycles. The fourth-order valence-electron chi connectivity index (χ4n) is 1.29. The fraction of sp³-hybridized carbons (Fsp3) is 0.222. The molecule has 0 saturated carbocycles. The van der Waals surface area contributed by atoms with E-state index in [9.17, 15) is 4.39 Å². The van der Waals surface area contributed by atoms with Crippen LogP contribution in [-0.4, -0.2) is 20.2 Å². The predicted molar refractivity (Wildman–Crippen MR) is 53.4 cm³/mol. The molecule has 0 radical (unpaired) electrons. The van der Waals surface area contributed by atoms with Gasteiger partial charge in [-0.25, -0.2) is 4.39 Å². The molecule has 0 aliphatic rings. The maximum atomic E-state index is 13.1. The summed E-state index contributed by atoms with van der Waals surface area (Å²) in [5.41, 5.74) is 1.49. The standard InChI is InChI=1S/C9H8ClFN4/c1-6-2-3-7(11)4-8(6)15-9(5-10)12-13-14-15/h2-4H,5H2,1H3. The predicted octanol–water partition coefficient (Wildman–Crippen LogP) is 1.85. The van der Waals surface area contributed by atoms with Crippen LogP contribution in [0.2, 0.25) is 0 Å². The Kier molecular flexibility index (Phi) is 2.64. The third-order valence-corrected chi connectivity index (χ3v) is 2.29. The van der Waals surface area contributed by atoms with Gasteiger partial charge in [-0.1, -0.05) is 6.07 Å². The zero-order chi connectivity index (χ0) is 10.8. The lowest BCUT2D eigenvalue weighted by Crippen LogP contribution is -2.04. The Morgan fingerprint density at radius 2 is 2.27 bits per heavy atom. The van der Waals surface area contributed by atoms with E-state index in [0.29, 0.717) is 11.5 Å². The van der Waals surface area contributed by atoms with Crippen LogP contribution in [0.3, 0.4) is 0 Å². The van der Waals surface area contributed by atoms with E-state index in [2.05, 4.69) is 15.5 Å². The van der Waals surface area contributed by atoms with Crippen molar-refractivity contribution in [3.63, 3.8) is 0 Å². The highest BCUT2D eigenvalue weighted by Crippen LogP contribution is 2.15. The first-order valence-electron chi connectivity index (χ1n) is 4.32. The van der Waals surface area contributed by atoms with Gasteiger partial charge in [0.05, 0.1) is 11.6 Å². The Bertz CT molecular complexity index is 483. The lowest BCUT2D eigenvalue weighted by atomic mass is 10.2. The fourth-order valence-corrected chi connectivity index (χ4v) is 1.45. The molecule has 2 rings (SSSR count). The molecular formula is C9H8ClFN4. The maximum Gasteiger partial charge on any atom is 0.171 e. The number of hydrogen-bond acceptors (Lipinski definition) is 3. The van der Waals surface area contributed by atoms with E-state index in [-0.39, 0.29) is 11.7 Å². The van der Waals surface area contributed by atoms with E-state index in [0.717, 1.165) is 5.56 Å². The van der Waals surface area contributed by atoms with E-state index >= 15 is 0 Å². The van der Waals surface area contributed by atoms with Crippen molar-refractivity contribution in [1.29, 1.82) is 0 Å². The van der Waals surface area contributed by atoms with E-state index in [1.165, 1.54) is 16.8 Å². The quantitative estimate of drug-likeness (QED) is 0.734. The summed E-state index contributed by atoms with van der Waals surface area (Å²) in [5.74, 6) is 0.347. The summed E-state index contributed by atoms with van der Waals surface area (Å²) < 4.78 is 14.5. The van der Waals surface area contributed by atoms with Gasteiger partial charge in [-0.15, -0.1) is 16.7 Å². The Labute approximate surface area is 90.7 Å². The van der Waals surface area contributed by atoms with Gasteiger partial charge in [0.1, 0.15) is 5.82 Å². The highest BCUT2D eigenvalue weighted by Gasteiger charge is 2.09. The molecule has 0 spiro atoms. The highest BCUT2D eigenvalue weighted by molar-refractivity contribution is 6.16. The molecule has 0 bridgehead atoms. The molecule has 1 aromatic heterocycles. The van der Waals surface area contributed by atoms with Crippen molar-refractivity contribution in [3.05, 3.63) is 35.4 Å². The van der Waals surface area contributed by atoms with Crippen LogP contribution in [0.1, 0.15) is 11.4 Å². The van der Waals surface area contributed by atoms with Gasteiger partial charge in [0, 0.05) is 0 Å². The molecule has 6 heteroatoms. The van der Waals surface area contributed by atoms with Crippen molar-refractivity contribution in [2.24, 2.45) is 0 Å². The van der Waals surface area contributed by atoms with Gasteiger partial charge in [0.2, 0.25) is 0 Å². The number of halogens is 2. The van der Waals surface area contributed by atoms with E-state index in [1.807, 2.05) is 6.92 Å². The van der Waals surface area contributed by atoms with Crippen LogP contribution >= 0.6 is 11.6 Å². The second-order valence-corrected chi connectivity index (χ2v) is 3.34. The van der Waals surface area contributed by atoms with E-state index < -0.39 is 0 Å². The van der Waals surface area contributed by atoms with Gasteiger partial charge in [-0.2, -0.15) is 4.68 Å². The van der Waals surface area contributed by atoms with Crippen molar-refractivity contribution < 1.29 is 4.39 Å². The Morgan fingerprint density at radius 1 is 1.47 bits per heavy atom. The van der Waals surface area contributed by atoms with Gasteiger partial charge in [0.25, 0.3) is 0 Å². The summed E-state index contributed by atoms with van der Waals surface area (Å²) in [7, 11) is 0. The monoisotopic (exact) mass is 226 g/mol. The van der Waals surface area contributed by atoms with E-state index in [1.54, 1.807) is 6.07 Å². The molecular weight excluding hydrogens is 219 g/mol. The summed E-state index contributed by atoms with van der Waals surface area (Å²) in [5, 5.41) is 11.0. The number of benzene rings is 1. The van der Waals surface area contributed by atoms with E-state index in [4.69, 9.17) is 11.6 Å². The summed E-state index contributed by atoms with van der Waals surface area (Å²) in [6.07, 6.45) is 0. The second-order valence-electron chi connectivity index (χ2n) is 3.07. The number of rotatable bonds is 2. The van der Waals surface area contributed by atoms with Gasteiger partial charge < -0.3 is 0 Å². The minimum Gasteiger partial charge on any atom is -0.207 e. The van der Waals surface area contributed by atoms with Crippen molar-refractivity contribution in [3.8, 4) is 5.69 Å². The number of aromatic nitrogens is 4. The molecule has 0 atom stereocenters. The average Bonchev–Trinajstić information content (AvgIpc) is 2.69. The van der Waals surface area contributed by atoms with Crippen LogP contribution in [0.4, 0.5) is 4.39 Å². The topological polar surface area (TPSA) is 43.6 Å². The molecule has 0 unspecified atom stereocenters.